The van der Waals surface area contributed by atoms with Crippen LogP contribution in [0, 0.1) is 0 Å². The van der Waals surface area contributed by atoms with Gasteiger partial charge in [-0.2, -0.15) is 0 Å². The fourth-order valence-corrected chi connectivity index (χ4v) is 30.4. The largest absolute Gasteiger partial charge is 0.458 e. The molecule has 0 unspecified atom stereocenters. The highest BCUT2D eigenvalue weighted by Crippen LogP contribution is 2.31. The van der Waals surface area contributed by atoms with E-state index in [9.17, 15) is 0 Å². The summed E-state index contributed by atoms with van der Waals surface area (Å²) in [6.45, 7) is -0.0506. The molecule has 79 heavy (non-hydrogen) atoms. The number of hydrogen-bond acceptors (Lipinski definition) is 2. The van der Waals surface area contributed by atoms with E-state index in [1.165, 1.54) is 95.0 Å². The van der Waals surface area contributed by atoms with E-state index in [1.54, 1.807) is 0 Å². The van der Waals surface area contributed by atoms with Gasteiger partial charge in [-0.3, -0.25) is 0 Å². The maximum Gasteiger partial charge on any atom is 0.250 e. The lowest BCUT2D eigenvalue weighted by Crippen LogP contribution is -2.93. The van der Waals surface area contributed by atoms with Crippen molar-refractivity contribution in [1.82, 2.24) is 0 Å². The second kappa shape index (κ2) is 18.0. The lowest BCUT2D eigenvalue weighted by atomic mass is 9.35. The molecule has 0 aliphatic carbocycles. The van der Waals surface area contributed by atoms with Gasteiger partial charge in [-0.15, -0.1) is 0 Å². The molecule has 0 amide bonds. The van der Waals surface area contributed by atoms with Gasteiger partial charge in [0, 0.05) is 0 Å². The predicted octanol–water partition coefficient (Wildman–Crippen LogP) is 3.69. The van der Waals surface area contributed by atoms with Crippen LogP contribution in [-0.2, 0) is 0 Å². The maximum atomic E-state index is 7.47. The van der Waals surface area contributed by atoms with E-state index in [1.807, 2.05) is 0 Å². The van der Waals surface area contributed by atoms with Crippen LogP contribution in [-0.4, -0.2) is 37.6 Å². The first-order valence-corrected chi connectivity index (χ1v) is 33.6. The monoisotopic (exact) mass is 1050 g/mol. The first kappa shape index (κ1) is 46.1. The molecule has 12 aromatic carbocycles. The van der Waals surface area contributed by atoms with Crippen molar-refractivity contribution in [2.45, 2.75) is 0 Å². The van der Waals surface area contributed by atoms with Crippen LogP contribution in [0.25, 0.3) is 0 Å². The van der Waals surface area contributed by atoms with Gasteiger partial charge in [0.05, 0.1) is 0 Å². The van der Waals surface area contributed by atoms with Crippen molar-refractivity contribution in [2.75, 3.05) is 0 Å². The summed E-state index contributed by atoms with van der Waals surface area (Å²) >= 11 is 0. The molecule has 0 bridgehead atoms. The van der Waals surface area contributed by atoms with E-state index in [0.29, 0.717) is 0 Å². The highest BCUT2D eigenvalue weighted by Gasteiger charge is 2.58. The summed E-state index contributed by atoms with van der Waals surface area (Å²) in [5.41, 5.74) is 7.73. The quantitative estimate of drug-likeness (QED) is 0.171. The van der Waals surface area contributed by atoms with Crippen molar-refractivity contribution in [3.8, 4) is 23.0 Å². The summed E-state index contributed by atoms with van der Waals surface area (Å²) in [6, 6.07) is 114. The standard InChI is InChI=1S/C72H50B2O2Si3/c1-7-25-51(26-8-1)77(52-27-9-2-10-28-52,53-29-11-3-12-30-53)57-45-47-59-65(49-57)75-63-39-23-43-69-71(63)73(59)61-37-19-21-41-67(61)79(69)68-42-22-20-38-62(68)74-60-48-46-58(50-66(60)76-64-40-24-44-70(79)72(64)74)78(54-31-13-4-14-32-54,55-33-15-5-16-34-55)56-35-17-6-18-36-56/h1-50H. The van der Waals surface area contributed by atoms with Crippen molar-refractivity contribution in [1.29, 1.82) is 0 Å². The number of fused-ring (bicyclic) bond motifs is 12. The predicted molar refractivity (Wildman–Crippen MR) is 340 cm³/mol. The first-order chi connectivity index (χ1) is 39.2. The Morgan fingerprint density at radius 1 is 0.228 bits per heavy atom. The zero-order valence-electron chi connectivity index (χ0n) is 43.3. The molecule has 12 aromatic rings. The van der Waals surface area contributed by atoms with Gasteiger partial charge in [-0.05, 0) is 108 Å². The number of ether oxygens (including phenoxy) is 2. The number of hydrogen-bond donors (Lipinski definition) is 0. The molecule has 0 radical (unpaired) electrons. The van der Waals surface area contributed by atoms with Gasteiger partial charge >= 0.3 is 0 Å². The number of rotatable bonds is 8. The average Bonchev–Trinajstić information content (AvgIpc) is 3.66. The van der Waals surface area contributed by atoms with E-state index in [4.69, 9.17) is 9.47 Å². The molecule has 0 saturated heterocycles. The van der Waals surface area contributed by atoms with E-state index >= 15 is 0 Å². The third-order valence-electron chi connectivity index (χ3n) is 18.1. The average molecular weight is 1050 g/mol. The maximum absolute atomic E-state index is 7.47. The molecule has 368 valence electrons. The van der Waals surface area contributed by atoms with Crippen LogP contribution in [0.5, 0.6) is 23.0 Å². The van der Waals surface area contributed by atoms with Crippen LogP contribution in [0.2, 0.25) is 0 Å². The van der Waals surface area contributed by atoms with Crippen LogP contribution < -0.4 is 104 Å². The van der Waals surface area contributed by atoms with E-state index in [0.717, 1.165) is 23.0 Å². The molecular weight excluding hydrogens is 1000 g/mol. The van der Waals surface area contributed by atoms with E-state index in [-0.39, 0.29) is 13.4 Å². The Labute approximate surface area is 465 Å². The molecule has 4 aliphatic rings. The zero-order valence-corrected chi connectivity index (χ0v) is 46.3. The van der Waals surface area contributed by atoms with Crippen LogP contribution in [0.3, 0.4) is 0 Å². The van der Waals surface area contributed by atoms with Crippen LogP contribution in [0.4, 0.5) is 0 Å². The molecule has 0 aromatic heterocycles. The second-order valence-corrected chi connectivity index (χ2v) is 32.9. The van der Waals surface area contributed by atoms with Gasteiger partial charge in [0.1, 0.15) is 23.0 Å². The Morgan fingerprint density at radius 2 is 0.519 bits per heavy atom. The minimum atomic E-state index is -3.10. The van der Waals surface area contributed by atoms with E-state index in [2.05, 4.69) is 303 Å². The fourth-order valence-electron chi connectivity index (χ4n) is 15.1. The van der Waals surface area contributed by atoms with Gasteiger partial charge < -0.3 is 9.47 Å². The third-order valence-corrected chi connectivity index (χ3v) is 32.6. The smallest absolute Gasteiger partial charge is 0.250 e. The summed E-state index contributed by atoms with van der Waals surface area (Å²) in [7, 11) is -8.78. The van der Waals surface area contributed by atoms with Crippen LogP contribution in [0.1, 0.15) is 0 Å². The lowest BCUT2D eigenvalue weighted by molar-refractivity contribution is 0.488. The highest BCUT2D eigenvalue weighted by atomic mass is 28.3. The van der Waals surface area contributed by atoms with Gasteiger partial charge in [-0.25, -0.2) is 0 Å². The Morgan fingerprint density at radius 3 is 0.848 bits per heavy atom. The van der Waals surface area contributed by atoms with Crippen molar-refractivity contribution in [2.24, 2.45) is 0 Å². The van der Waals surface area contributed by atoms with Crippen LogP contribution in [0.15, 0.2) is 303 Å². The zero-order chi connectivity index (χ0) is 52.1. The lowest BCUT2D eigenvalue weighted by Gasteiger charge is -2.49. The summed E-state index contributed by atoms with van der Waals surface area (Å²) < 4.78 is 14.9. The molecule has 0 fully saturated rings. The Hall–Kier alpha value is -8.98. The van der Waals surface area contributed by atoms with E-state index < -0.39 is 24.2 Å². The highest BCUT2D eigenvalue weighted by molar-refractivity contribution is 7.31. The molecule has 4 heterocycles. The first-order valence-electron chi connectivity index (χ1n) is 27.6. The molecule has 0 saturated carbocycles. The summed E-state index contributed by atoms with van der Waals surface area (Å²) in [6.07, 6.45) is 0. The molecule has 0 N–H and O–H groups in total. The Bertz CT molecular complexity index is 3860. The van der Waals surface area contributed by atoms with Crippen molar-refractivity contribution < 1.29 is 9.47 Å². The van der Waals surface area contributed by atoms with Gasteiger partial charge in [0.15, 0.2) is 24.2 Å². The fraction of sp³-hybridized carbons (Fsp3) is 0. The minimum Gasteiger partial charge on any atom is -0.458 e. The van der Waals surface area contributed by atoms with Gasteiger partial charge in [-0.1, -0.05) is 290 Å². The molecule has 4 aliphatic heterocycles. The summed E-state index contributed by atoms with van der Waals surface area (Å²) in [5, 5.41) is 16.3. The minimum absolute atomic E-state index is 0.0253. The SMILES string of the molecule is c1ccc([Si](c2ccccc2)(c2ccccc2)c2ccc3c(c2)Oc2cccc4c2B3c2ccccc2[Si]42c3ccccc3B3c4ccc([Si](c5ccccc5)(c5ccccc5)c5ccccc5)cc4Oc4cccc2c43)cc1. The Balaban J connectivity index is 0.889. The topological polar surface area (TPSA) is 18.5 Å². The summed E-state index contributed by atoms with van der Waals surface area (Å²) in [4.78, 5) is 0. The normalized spacial score (nSPS) is 13.8. The van der Waals surface area contributed by atoms with Crippen LogP contribution >= 0.6 is 0 Å². The van der Waals surface area contributed by atoms with Crippen molar-refractivity contribution in [3.05, 3.63) is 303 Å². The van der Waals surface area contributed by atoms with Gasteiger partial charge in [0.25, 0.3) is 13.4 Å². The molecule has 16 rings (SSSR count). The molecular formula is C72H50B2O2Si3. The molecule has 2 nitrogen and oxygen atoms in total. The molecule has 7 heteroatoms. The number of benzene rings is 12. The Kier molecular flexibility index (Phi) is 10.5. The summed E-state index contributed by atoms with van der Waals surface area (Å²) in [5.74, 6) is 3.76. The molecule has 0 atom stereocenters. The van der Waals surface area contributed by atoms with Gasteiger partial charge in [0.2, 0.25) is 0 Å². The van der Waals surface area contributed by atoms with Crippen molar-refractivity contribution >= 4 is 133 Å². The van der Waals surface area contributed by atoms with Crippen molar-refractivity contribution in [3.63, 3.8) is 0 Å². The second-order valence-electron chi connectivity index (χ2n) is 21.6. The third kappa shape index (κ3) is 6.46. The molecule has 1 spiro atoms.